The molecule has 0 N–H and O–H groups in total. The van der Waals surface area contributed by atoms with Crippen molar-refractivity contribution in [2.75, 3.05) is 7.11 Å². The molecule has 5 heteroatoms. The second-order valence-electron chi connectivity index (χ2n) is 4.33. The molecule has 0 aliphatic rings. The number of methoxy groups -OCH3 is 1. The summed E-state index contributed by atoms with van der Waals surface area (Å²) in [6.45, 7) is 0. The van der Waals surface area contributed by atoms with Gasteiger partial charge in [0.15, 0.2) is 17.3 Å². The maximum Gasteiger partial charge on any atom is 0.184 e. The van der Waals surface area contributed by atoms with Crippen LogP contribution in [0.4, 0.5) is 4.39 Å². The Bertz CT molecular complexity index is 724. The van der Waals surface area contributed by atoms with E-state index < -0.39 is 17.5 Å². The van der Waals surface area contributed by atoms with Gasteiger partial charge in [-0.1, -0.05) is 23.7 Å². The van der Waals surface area contributed by atoms with Crippen molar-refractivity contribution in [3.05, 3.63) is 64.4 Å². The number of hydrogen-bond acceptors (Lipinski definition) is 3. The number of nitriles is 1. The zero-order valence-corrected chi connectivity index (χ0v) is 11.9. The number of Topliss-reactive ketones (excluding diaryl/α,β-unsaturated/α-hetero) is 1. The number of carbonyl (C=O) groups excluding carboxylic acids is 1. The van der Waals surface area contributed by atoms with Crippen molar-refractivity contribution in [2.45, 2.75) is 5.92 Å². The van der Waals surface area contributed by atoms with Crippen LogP contribution in [-0.2, 0) is 0 Å². The van der Waals surface area contributed by atoms with Crippen molar-refractivity contribution >= 4 is 17.4 Å². The summed E-state index contributed by atoms with van der Waals surface area (Å²) in [5.41, 5.74) is 0.589. The standard InChI is InChI=1S/C16H11ClFNO2/c1-21-15-6-5-11(8-14(15)18)16(20)13(9-19)10-3-2-4-12(17)7-10/h2-8,13H,1H3. The maximum atomic E-state index is 13.7. The van der Waals surface area contributed by atoms with Crippen LogP contribution in [0.15, 0.2) is 42.5 Å². The summed E-state index contributed by atoms with van der Waals surface area (Å²) in [6.07, 6.45) is 0. The van der Waals surface area contributed by atoms with Crippen LogP contribution in [-0.4, -0.2) is 12.9 Å². The first-order chi connectivity index (χ1) is 10.1. The number of halogens is 2. The zero-order valence-electron chi connectivity index (χ0n) is 11.1. The molecule has 2 aromatic rings. The molecule has 0 aromatic heterocycles. The quantitative estimate of drug-likeness (QED) is 0.803. The van der Waals surface area contributed by atoms with Gasteiger partial charge in [0.25, 0.3) is 0 Å². The molecule has 1 unspecified atom stereocenters. The molecule has 1 atom stereocenters. The molecule has 2 rings (SSSR count). The molecule has 0 spiro atoms. The Balaban J connectivity index is 2.37. The molecule has 0 bridgehead atoms. The van der Waals surface area contributed by atoms with E-state index in [0.717, 1.165) is 6.07 Å². The summed E-state index contributed by atoms with van der Waals surface area (Å²) in [7, 11) is 1.34. The van der Waals surface area contributed by atoms with E-state index in [1.54, 1.807) is 24.3 Å². The molecule has 106 valence electrons. The van der Waals surface area contributed by atoms with Crippen molar-refractivity contribution in [2.24, 2.45) is 0 Å². The van der Waals surface area contributed by atoms with Crippen LogP contribution in [0.25, 0.3) is 0 Å². The van der Waals surface area contributed by atoms with Gasteiger partial charge in [-0.25, -0.2) is 4.39 Å². The van der Waals surface area contributed by atoms with Gasteiger partial charge in [-0.2, -0.15) is 5.26 Å². The maximum absolute atomic E-state index is 13.7. The smallest absolute Gasteiger partial charge is 0.184 e. The molecule has 0 heterocycles. The Morgan fingerprint density at radius 2 is 2.10 bits per heavy atom. The minimum Gasteiger partial charge on any atom is -0.494 e. The average Bonchev–Trinajstić information content (AvgIpc) is 2.48. The van der Waals surface area contributed by atoms with Crippen molar-refractivity contribution in [3.8, 4) is 11.8 Å². The molecule has 0 aliphatic carbocycles. The second kappa shape index (κ2) is 6.38. The summed E-state index contributed by atoms with van der Waals surface area (Å²) in [6, 6.07) is 12.3. The molecular formula is C16H11ClFNO2. The predicted molar refractivity (Wildman–Crippen MR) is 77.1 cm³/mol. The second-order valence-corrected chi connectivity index (χ2v) is 4.77. The SMILES string of the molecule is COc1ccc(C(=O)C(C#N)c2cccc(Cl)c2)cc1F. The Morgan fingerprint density at radius 3 is 2.67 bits per heavy atom. The lowest BCUT2D eigenvalue weighted by atomic mass is 9.92. The van der Waals surface area contributed by atoms with Crippen LogP contribution in [0.3, 0.4) is 0 Å². The van der Waals surface area contributed by atoms with Gasteiger partial charge in [0.05, 0.1) is 13.2 Å². The van der Waals surface area contributed by atoms with Gasteiger partial charge >= 0.3 is 0 Å². The summed E-state index contributed by atoms with van der Waals surface area (Å²) < 4.78 is 18.5. The van der Waals surface area contributed by atoms with E-state index in [1.165, 1.54) is 19.2 Å². The topological polar surface area (TPSA) is 50.1 Å². The molecule has 21 heavy (non-hydrogen) atoms. The molecule has 0 saturated heterocycles. The zero-order chi connectivity index (χ0) is 15.4. The molecule has 2 aromatic carbocycles. The number of benzene rings is 2. The van der Waals surface area contributed by atoms with Gasteiger partial charge in [-0.15, -0.1) is 0 Å². The minimum atomic E-state index is -1.03. The van der Waals surface area contributed by atoms with E-state index in [-0.39, 0.29) is 11.3 Å². The van der Waals surface area contributed by atoms with E-state index in [1.807, 2.05) is 6.07 Å². The van der Waals surface area contributed by atoms with E-state index in [0.29, 0.717) is 10.6 Å². The normalized spacial score (nSPS) is 11.5. The average molecular weight is 304 g/mol. The Kier molecular flexibility index (Phi) is 4.56. The molecule has 3 nitrogen and oxygen atoms in total. The fourth-order valence-corrected chi connectivity index (χ4v) is 2.16. The summed E-state index contributed by atoms with van der Waals surface area (Å²) in [5.74, 6) is -2.12. The highest BCUT2D eigenvalue weighted by Gasteiger charge is 2.23. The summed E-state index contributed by atoms with van der Waals surface area (Å²) >= 11 is 5.86. The third-order valence-electron chi connectivity index (χ3n) is 3.01. The lowest BCUT2D eigenvalue weighted by Gasteiger charge is -2.10. The lowest BCUT2D eigenvalue weighted by molar-refractivity contribution is 0.0978. The lowest BCUT2D eigenvalue weighted by Crippen LogP contribution is -2.11. The first-order valence-electron chi connectivity index (χ1n) is 6.09. The van der Waals surface area contributed by atoms with Crippen LogP contribution in [0, 0.1) is 17.1 Å². The number of nitrogens with zero attached hydrogens (tertiary/aromatic N) is 1. The minimum absolute atomic E-state index is 0.0443. The van der Waals surface area contributed by atoms with E-state index in [4.69, 9.17) is 16.3 Å². The molecular weight excluding hydrogens is 293 g/mol. The van der Waals surface area contributed by atoms with Gasteiger partial charge in [0.2, 0.25) is 0 Å². The van der Waals surface area contributed by atoms with Gasteiger partial charge < -0.3 is 4.74 Å². The first-order valence-corrected chi connectivity index (χ1v) is 6.47. The number of ether oxygens (including phenoxy) is 1. The number of ketones is 1. The fourth-order valence-electron chi connectivity index (χ4n) is 1.96. The van der Waals surface area contributed by atoms with Gasteiger partial charge in [-0.05, 0) is 35.9 Å². The van der Waals surface area contributed by atoms with Gasteiger partial charge in [0.1, 0.15) is 5.92 Å². The summed E-state index contributed by atoms with van der Waals surface area (Å²) in [4.78, 5) is 12.4. The number of rotatable bonds is 4. The van der Waals surface area contributed by atoms with Crippen LogP contribution >= 0.6 is 11.6 Å². The van der Waals surface area contributed by atoms with Crippen molar-refractivity contribution < 1.29 is 13.9 Å². The largest absolute Gasteiger partial charge is 0.494 e. The third-order valence-corrected chi connectivity index (χ3v) is 3.24. The first kappa shape index (κ1) is 15.0. The van der Waals surface area contributed by atoms with Crippen LogP contribution in [0.1, 0.15) is 21.8 Å². The van der Waals surface area contributed by atoms with Crippen LogP contribution in [0.2, 0.25) is 5.02 Å². The molecule has 0 amide bonds. The number of hydrogen-bond donors (Lipinski definition) is 0. The van der Waals surface area contributed by atoms with Crippen molar-refractivity contribution in [1.82, 2.24) is 0 Å². The fraction of sp³-hybridized carbons (Fsp3) is 0.125. The van der Waals surface area contributed by atoms with Gasteiger partial charge in [-0.3, -0.25) is 4.79 Å². The molecule has 0 aliphatic heterocycles. The number of carbonyl (C=O) groups is 1. The van der Waals surface area contributed by atoms with Crippen molar-refractivity contribution in [1.29, 1.82) is 5.26 Å². The Labute approximate surface area is 126 Å². The van der Waals surface area contributed by atoms with Crippen LogP contribution < -0.4 is 4.74 Å². The highest BCUT2D eigenvalue weighted by atomic mass is 35.5. The molecule has 0 fully saturated rings. The summed E-state index contributed by atoms with van der Waals surface area (Å²) in [5, 5.41) is 9.67. The van der Waals surface area contributed by atoms with Gasteiger partial charge in [0, 0.05) is 10.6 Å². The van der Waals surface area contributed by atoms with E-state index in [9.17, 15) is 14.4 Å². The highest BCUT2D eigenvalue weighted by Crippen LogP contribution is 2.25. The molecule has 0 saturated carbocycles. The van der Waals surface area contributed by atoms with Crippen molar-refractivity contribution in [3.63, 3.8) is 0 Å². The Hall–Kier alpha value is -2.38. The highest BCUT2D eigenvalue weighted by molar-refractivity contribution is 6.30. The Morgan fingerprint density at radius 1 is 1.33 bits per heavy atom. The third kappa shape index (κ3) is 3.21. The van der Waals surface area contributed by atoms with E-state index >= 15 is 0 Å². The predicted octanol–water partition coefficient (Wildman–Crippen LogP) is 3.98. The van der Waals surface area contributed by atoms with Crippen LogP contribution in [0.5, 0.6) is 5.75 Å². The monoisotopic (exact) mass is 303 g/mol. The molecule has 0 radical (unpaired) electrons. The van der Waals surface area contributed by atoms with E-state index in [2.05, 4.69) is 0 Å².